The van der Waals surface area contributed by atoms with E-state index in [1.807, 2.05) is 0 Å². The summed E-state index contributed by atoms with van der Waals surface area (Å²) in [7, 11) is 0. The van der Waals surface area contributed by atoms with Crippen molar-refractivity contribution in [2.75, 3.05) is 13.2 Å². The summed E-state index contributed by atoms with van der Waals surface area (Å²) in [4.78, 5) is 0. The van der Waals surface area contributed by atoms with Crippen molar-refractivity contribution < 1.29 is 9.15 Å². The molecular formula is C15H23NO2. The van der Waals surface area contributed by atoms with Gasteiger partial charge in [0, 0.05) is 24.7 Å². The maximum atomic E-state index is 5.92. The molecule has 3 heteroatoms. The Bertz CT molecular complexity index is 406. The van der Waals surface area contributed by atoms with E-state index in [0.29, 0.717) is 5.92 Å². The van der Waals surface area contributed by atoms with Crippen molar-refractivity contribution in [2.45, 2.75) is 51.1 Å². The van der Waals surface area contributed by atoms with Gasteiger partial charge in [0.1, 0.15) is 11.5 Å². The van der Waals surface area contributed by atoms with Crippen LogP contribution >= 0.6 is 0 Å². The molecule has 0 spiro atoms. The zero-order valence-electron chi connectivity index (χ0n) is 11.4. The van der Waals surface area contributed by atoms with E-state index in [-0.39, 0.29) is 5.54 Å². The lowest BCUT2D eigenvalue weighted by molar-refractivity contribution is 0.0439. The van der Waals surface area contributed by atoms with Gasteiger partial charge in [0.2, 0.25) is 0 Å². The number of furan rings is 1. The number of hydrogen-bond acceptors (Lipinski definition) is 3. The summed E-state index contributed by atoms with van der Waals surface area (Å²) in [6.07, 6.45) is 3.45. The molecule has 2 fully saturated rings. The molecule has 0 radical (unpaired) electrons. The Morgan fingerprint density at radius 1 is 1.33 bits per heavy atom. The number of hydrogen-bond donors (Lipinski definition) is 1. The molecule has 1 N–H and O–H groups in total. The summed E-state index contributed by atoms with van der Waals surface area (Å²) in [5, 5.41) is 3.62. The van der Waals surface area contributed by atoms with Crippen LogP contribution in [-0.2, 0) is 11.3 Å². The van der Waals surface area contributed by atoms with Gasteiger partial charge in [-0.25, -0.2) is 0 Å². The Balaban J connectivity index is 1.54. The van der Waals surface area contributed by atoms with E-state index in [2.05, 4.69) is 31.3 Å². The monoisotopic (exact) mass is 249 g/mol. The Morgan fingerprint density at radius 3 is 2.72 bits per heavy atom. The number of rotatable bonds is 4. The standard InChI is InChI=1S/C15H23NO2/c1-11-9-13(11)14-4-3-12(18-14)10-16-15(2)5-7-17-8-6-15/h3-4,11,13,16H,5-10H2,1-2H3. The molecule has 18 heavy (non-hydrogen) atoms. The lowest BCUT2D eigenvalue weighted by Crippen LogP contribution is -2.46. The summed E-state index contributed by atoms with van der Waals surface area (Å²) in [5.74, 6) is 3.73. The van der Waals surface area contributed by atoms with Gasteiger partial charge in [-0.05, 0) is 44.2 Å². The smallest absolute Gasteiger partial charge is 0.117 e. The minimum absolute atomic E-state index is 0.206. The first-order valence-electron chi connectivity index (χ1n) is 7.08. The van der Waals surface area contributed by atoms with Crippen LogP contribution in [0, 0.1) is 5.92 Å². The third-order valence-electron chi connectivity index (χ3n) is 4.44. The lowest BCUT2D eigenvalue weighted by atomic mass is 9.92. The van der Waals surface area contributed by atoms with E-state index in [0.717, 1.165) is 44.3 Å². The van der Waals surface area contributed by atoms with Gasteiger partial charge in [-0.3, -0.25) is 0 Å². The third-order valence-corrected chi connectivity index (χ3v) is 4.44. The highest BCUT2D eigenvalue weighted by molar-refractivity contribution is 5.17. The van der Waals surface area contributed by atoms with Crippen molar-refractivity contribution >= 4 is 0 Å². The molecule has 1 aliphatic carbocycles. The SMILES string of the molecule is CC1CC1c1ccc(CNC2(C)CCOCC2)o1. The fraction of sp³-hybridized carbons (Fsp3) is 0.733. The second-order valence-electron chi connectivity index (χ2n) is 6.15. The average Bonchev–Trinajstić information content (AvgIpc) is 2.92. The van der Waals surface area contributed by atoms with E-state index in [9.17, 15) is 0 Å². The molecule has 0 bridgehead atoms. The molecule has 0 amide bonds. The molecule has 2 aliphatic rings. The van der Waals surface area contributed by atoms with Gasteiger partial charge in [0.25, 0.3) is 0 Å². The molecule has 1 aromatic rings. The van der Waals surface area contributed by atoms with Crippen LogP contribution in [0.15, 0.2) is 16.5 Å². The topological polar surface area (TPSA) is 34.4 Å². The highest BCUT2D eigenvalue weighted by Crippen LogP contribution is 2.47. The first-order valence-corrected chi connectivity index (χ1v) is 7.08. The van der Waals surface area contributed by atoms with Crippen LogP contribution in [0.25, 0.3) is 0 Å². The zero-order chi connectivity index (χ0) is 12.6. The minimum Gasteiger partial charge on any atom is -0.464 e. The van der Waals surface area contributed by atoms with Gasteiger partial charge in [-0.2, -0.15) is 0 Å². The van der Waals surface area contributed by atoms with E-state index in [1.165, 1.54) is 12.2 Å². The summed E-state index contributed by atoms with van der Waals surface area (Å²) < 4.78 is 11.3. The largest absolute Gasteiger partial charge is 0.464 e. The van der Waals surface area contributed by atoms with Gasteiger partial charge >= 0.3 is 0 Å². The van der Waals surface area contributed by atoms with Crippen LogP contribution in [0.1, 0.15) is 50.5 Å². The predicted molar refractivity (Wildman–Crippen MR) is 70.5 cm³/mol. The highest BCUT2D eigenvalue weighted by Gasteiger charge is 2.36. The molecule has 2 atom stereocenters. The molecule has 1 aromatic heterocycles. The Hall–Kier alpha value is -0.800. The minimum atomic E-state index is 0.206. The van der Waals surface area contributed by atoms with Gasteiger partial charge in [0.05, 0.1) is 6.54 Å². The van der Waals surface area contributed by atoms with Crippen molar-refractivity contribution in [3.05, 3.63) is 23.7 Å². The molecule has 1 aliphatic heterocycles. The van der Waals surface area contributed by atoms with Gasteiger partial charge < -0.3 is 14.5 Å². The van der Waals surface area contributed by atoms with Crippen LogP contribution < -0.4 is 5.32 Å². The van der Waals surface area contributed by atoms with Crippen molar-refractivity contribution in [2.24, 2.45) is 5.92 Å². The first-order chi connectivity index (χ1) is 8.66. The van der Waals surface area contributed by atoms with E-state index < -0.39 is 0 Å². The van der Waals surface area contributed by atoms with E-state index in [4.69, 9.17) is 9.15 Å². The molecular weight excluding hydrogens is 226 g/mol. The second-order valence-corrected chi connectivity index (χ2v) is 6.15. The second kappa shape index (κ2) is 4.71. The van der Waals surface area contributed by atoms with Crippen LogP contribution in [0.4, 0.5) is 0 Å². The maximum absolute atomic E-state index is 5.92. The Labute approximate surface area is 109 Å². The third kappa shape index (κ3) is 2.62. The quantitative estimate of drug-likeness (QED) is 0.890. The molecule has 3 nitrogen and oxygen atoms in total. The molecule has 2 unspecified atom stereocenters. The molecule has 100 valence electrons. The summed E-state index contributed by atoms with van der Waals surface area (Å²) in [5.41, 5.74) is 0.206. The summed E-state index contributed by atoms with van der Waals surface area (Å²) in [6, 6.07) is 4.27. The maximum Gasteiger partial charge on any atom is 0.117 e. The predicted octanol–water partition coefficient (Wildman–Crippen LogP) is 3.06. The molecule has 1 saturated carbocycles. The zero-order valence-corrected chi connectivity index (χ0v) is 11.4. The van der Waals surface area contributed by atoms with Gasteiger partial charge in [-0.1, -0.05) is 6.92 Å². The van der Waals surface area contributed by atoms with Crippen LogP contribution in [0.5, 0.6) is 0 Å². The van der Waals surface area contributed by atoms with Crippen molar-refractivity contribution in [3.63, 3.8) is 0 Å². The fourth-order valence-electron chi connectivity index (χ4n) is 2.71. The van der Waals surface area contributed by atoms with E-state index in [1.54, 1.807) is 0 Å². The highest BCUT2D eigenvalue weighted by atomic mass is 16.5. The van der Waals surface area contributed by atoms with Crippen LogP contribution in [0.2, 0.25) is 0 Å². The molecule has 3 rings (SSSR count). The Morgan fingerprint density at radius 2 is 2.06 bits per heavy atom. The van der Waals surface area contributed by atoms with Crippen molar-refractivity contribution in [1.82, 2.24) is 5.32 Å². The summed E-state index contributed by atoms with van der Waals surface area (Å²) in [6.45, 7) is 7.13. The van der Waals surface area contributed by atoms with Crippen molar-refractivity contribution in [1.29, 1.82) is 0 Å². The fourth-order valence-corrected chi connectivity index (χ4v) is 2.71. The van der Waals surface area contributed by atoms with Gasteiger partial charge in [-0.15, -0.1) is 0 Å². The molecule has 2 heterocycles. The molecule has 1 saturated heterocycles. The van der Waals surface area contributed by atoms with E-state index >= 15 is 0 Å². The van der Waals surface area contributed by atoms with Gasteiger partial charge in [0.15, 0.2) is 0 Å². The van der Waals surface area contributed by atoms with Crippen molar-refractivity contribution in [3.8, 4) is 0 Å². The number of nitrogens with one attached hydrogen (secondary N) is 1. The Kier molecular flexibility index (Phi) is 3.20. The average molecular weight is 249 g/mol. The number of ether oxygens (including phenoxy) is 1. The molecule has 0 aromatic carbocycles. The first kappa shape index (κ1) is 12.2. The van der Waals surface area contributed by atoms with Crippen LogP contribution in [-0.4, -0.2) is 18.8 Å². The lowest BCUT2D eigenvalue weighted by Gasteiger charge is -2.34. The summed E-state index contributed by atoms with van der Waals surface area (Å²) >= 11 is 0. The van der Waals surface area contributed by atoms with Crippen LogP contribution in [0.3, 0.4) is 0 Å². The normalized spacial score (nSPS) is 30.3.